The van der Waals surface area contributed by atoms with Crippen LogP contribution in [0.5, 0.6) is 11.5 Å². The molecule has 0 saturated heterocycles. The van der Waals surface area contributed by atoms with Gasteiger partial charge >= 0.3 is 20.1 Å². The summed E-state index contributed by atoms with van der Waals surface area (Å²) >= 11 is 0. The number of benzene rings is 5. The van der Waals surface area contributed by atoms with Gasteiger partial charge in [-0.1, -0.05) is 65.0 Å². The normalized spacial score (nSPS) is 11.2. The first-order valence-electron chi connectivity index (χ1n) is 13.2. The van der Waals surface area contributed by atoms with E-state index in [0.29, 0.717) is 0 Å². The van der Waals surface area contributed by atoms with Crippen molar-refractivity contribution in [2.45, 2.75) is 13.8 Å². The SMILES string of the molecule is Cc1cc(C)cc(-n2[c-][n+]3c4c(cccc42)Oc2c-3[c-]cc3ccccc23)c1.[Ir+3].[c-]1ccccc1-c1ccccn1. The van der Waals surface area contributed by atoms with E-state index in [1.165, 1.54) is 11.1 Å². The van der Waals surface area contributed by atoms with Gasteiger partial charge in [0, 0.05) is 11.9 Å². The zero-order valence-corrected chi connectivity index (χ0v) is 24.9. The Morgan fingerprint density at radius 2 is 1.61 bits per heavy atom. The monoisotopic (exact) mass is 708 g/mol. The van der Waals surface area contributed by atoms with Gasteiger partial charge in [0.2, 0.25) is 0 Å². The number of fused-ring (bicyclic) bond motifs is 4. The Hall–Kier alpha value is -4.57. The van der Waals surface area contributed by atoms with Gasteiger partial charge in [-0.3, -0.25) is 4.57 Å². The minimum atomic E-state index is 0. The van der Waals surface area contributed by atoms with Crippen molar-refractivity contribution in [1.82, 2.24) is 9.55 Å². The number of ether oxygens (including phenoxy) is 1. The number of aryl methyl sites for hydroxylation is 2. The van der Waals surface area contributed by atoms with Gasteiger partial charge < -0.3 is 14.3 Å². The second-order valence-electron chi connectivity index (χ2n) is 9.89. The standard InChI is InChI=1S/C25H17N2O.C11H8N.Ir/c1-16-12-17(2)14-19(13-16)26-15-27-22-11-10-18-6-3-4-7-20(18)25(22)28-23-9-5-8-21(26)24(23)27;1-2-6-10(7-3-1)11-8-4-5-9-12-11;/h3-10,12-14H,1-2H3;1-6,8-9H;/q2*-1;+3. The van der Waals surface area contributed by atoms with Gasteiger partial charge in [-0.25, -0.2) is 0 Å². The molecule has 0 fully saturated rings. The van der Waals surface area contributed by atoms with Gasteiger partial charge in [0.25, 0.3) is 6.33 Å². The fourth-order valence-corrected chi connectivity index (χ4v) is 5.26. The van der Waals surface area contributed by atoms with E-state index in [1.807, 2.05) is 72.8 Å². The van der Waals surface area contributed by atoms with Crippen molar-refractivity contribution in [2.24, 2.45) is 0 Å². The molecule has 8 rings (SSSR count). The topological polar surface area (TPSA) is 30.9 Å². The third-order valence-electron chi connectivity index (χ3n) is 6.98. The Morgan fingerprint density at radius 3 is 2.39 bits per heavy atom. The molecule has 0 N–H and O–H groups in total. The van der Waals surface area contributed by atoms with Crippen molar-refractivity contribution < 1.29 is 29.4 Å². The van der Waals surface area contributed by atoms with Crippen molar-refractivity contribution in [3.63, 3.8) is 0 Å². The Kier molecular flexibility index (Phi) is 7.23. The Labute approximate surface area is 252 Å². The van der Waals surface area contributed by atoms with E-state index in [9.17, 15) is 0 Å². The zero-order valence-electron chi connectivity index (χ0n) is 22.6. The molecular formula is C36H25IrN3O+. The van der Waals surface area contributed by atoms with E-state index in [2.05, 4.69) is 82.8 Å². The van der Waals surface area contributed by atoms with Crippen LogP contribution in [0.3, 0.4) is 0 Å². The van der Waals surface area contributed by atoms with E-state index in [-0.39, 0.29) is 20.1 Å². The number of pyridine rings is 1. The molecule has 0 saturated carbocycles. The second kappa shape index (κ2) is 11.1. The summed E-state index contributed by atoms with van der Waals surface area (Å²) in [6.45, 7) is 4.25. The third kappa shape index (κ3) is 4.95. The largest absolute Gasteiger partial charge is 3.00 e. The molecule has 1 aliphatic rings. The molecule has 5 heteroatoms. The predicted octanol–water partition coefficient (Wildman–Crippen LogP) is 7.93. The molecule has 0 radical (unpaired) electrons. The van der Waals surface area contributed by atoms with Gasteiger partial charge in [-0.05, 0) is 49.5 Å². The van der Waals surface area contributed by atoms with E-state index in [0.717, 1.165) is 55.9 Å². The summed E-state index contributed by atoms with van der Waals surface area (Å²) in [7, 11) is 0. The van der Waals surface area contributed by atoms with Crippen molar-refractivity contribution in [1.29, 1.82) is 0 Å². The summed E-state index contributed by atoms with van der Waals surface area (Å²) in [6, 6.07) is 43.2. The van der Waals surface area contributed by atoms with Crippen molar-refractivity contribution in [3.05, 3.63) is 145 Å². The minimum absolute atomic E-state index is 0. The number of nitrogens with zero attached hydrogens (tertiary/aromatic N) is 3. The van der Waals surface area contributed by atoms with Gasteiger partial charge in [0.1, 0.15) is 11.3 Å². The summed E-state index contributed by atoms with van der Waals surface area (Å²) in [4.78, 5) is 4.22. The first kappa shape index (κ1) is 26.6. The van der Waals surface area contributed by atoms with Crippen molar-refractivity contribution >= 4 is 21.8 Å². The molecule has 2 aromatic heterocycles. The van der Waals surface area contributed by atoms with Gasteiger partial charge in [-0.2, -0.15) is 12.1 Å². The quantitative estimate of drug-likeness (QED) is 0.135. The van der Waals surface area contributed by atoms with Crippen molar-refractivity contribution in [3.8, 4) is 34.1 Å². The first-order chi connectivity index (χ1) is 19.7. The smallest absolute Gasteiger partial charge is 0.522 e. The summed E-state index contributed by atoms with van der Waals surface area (Å²) < 4.78 is 10.6. The fraction of sp³-hybridized carbons (Fsp3) is 0.0556. The molecule has 0 spiro atoms. The number of rotatable bonds is 2. The third-order valence-corrected chi connectivity index (χ3v) is 6.98. The summed E-state index contributed by atoms with van der Waals surface area (Å²) in [5.74, 6) is 1.67. The van der Waals surface area contributed by atoms with E-state index >= 15 is 0 Å². The molecule has 41 heavy (non-hydrogen) atoms. The van der Waals surface area contributed by atoms with Crippen LogP contribution >= 0.6 is 0 Å². The molecule has 0 bridgehead atoms. The van der Waals surface area contributed by atoms with E-state index in [1.54, 1.807) is 6.20 Å². The van der Waals surface area contributed by atoms with Crippen LogP contribution in [0.15, 0.2) is 115 Å². The first-order valence-corrected chi connectivity index (χ1v) is 13.2. The van der Waals surface area contributed by atoms with Crippen LogP contribution in [0, 0.1) is 32.3 Å². The Balaban J connectivity index is 0.000000196. The number of imidazole rings is 1. The predicted molar refractivity (Wildman–Crippen MR) is 158 cm³/mol. The molecular weight excluding hydrogens is 683 g/mol. The molecule has 0 aliphatic carbocycles. The molecule has 5 aromatic carbocycles. The van der Waals surface area contributed by atoms with Crippen LogP contribution in [-0.2, 0) is 20.1 Å². The fourth-order valence-electron chi connectivity index (χ4n) is 5.26. The average Bonchev–Trinajstić information content (AvgIpc) is 3.39. The average molecular weight is 708 g/mol. The summed E-state index contributed by atoms with van der Waals surface area (Å²) in [5, 5.41) is 2.20. The minimum Gasteiger partial charge on any atom is -0.522 e. The molecule has 0 atom stereocenters. The summed E-state index contributed by atoms with van der Waals surface area (Å²) in [5.41, 5.74) is 8.55. The maximum atomic E-state index is 6.37. The maximum absolute atomic E-state index is 6.37. The van der Waals surface area contributed by atoms with E-state index < -0.39 is 0 Å². The van der Waals surface area contributed by atoms with Crippen LogP contribution in [-0.4, -0.2) is 9.55 Å². The summed E-state index contributed by atoms with van der Waals surface area (Å²) in [6.07, 6.45) is 5.33. The molecule has 0 amide bonds. The van der Waals surface area contributed by atoms with Crippen LogP contribution in [0.4, 0.5) is 0 Å². The number of para-hydroxylation sites is 1. The van der Waals surface area contributed by atoms with Gasteiger partial charge in [0.05, 0.1) is 11.2 Å². The maximum Gasteiger partial charge on any atom is 3.00 e. The second-order valence-corrected chi connectivity index (χ2v) is 9.89. The van der Waals surface area contributed by atoms with Crippen LogP contribution in [0.2, 0.25) is 0 Å². The Bertz CT molecular complexity index is 1940. The van der Waals surface area contributed by atoms with Crippen LogP contribution < -0.4 is 9.30 Å². The van der Waals surface area contributed by atoms with Gasteiger partial charge in [-0.15, -0.1) is 47.3 Å². The molecule has 1 aliphatic heterocycles. The number of hydrogen-bond acceptors (Lipinski definition) is 2. The molecule has 4 nitrogen and oxygen atoms in total. The molecule has 7 aromatic rings. The van der Waals surface area contributed by atoms with Gasteiger partial charge in [0.15, 0.2) is 0 Å². The number of hydrogen-bond donors (Lipinski definition) is 0. The molecule has 198 valence electrons. The zero-order chi connectivity index (χ0) is 27.1. The van der Waals surface area contributed by atoms with E-state index in [4.69, 9.17) is 4.74 Å². The molecule has 3 heterocycles. The Morgan fingerprint density at radius 1 is 0.805 bits per heavy atom. The van der Waals surface area contributed by atoms with Crippen LogP contribution in [0.25, 0.3) is 44.4 Å². The molecule has 0 unspecified atom stereocenters. The van der Waals surface area contributed by atoms with Crippen LogP contribution in [0.1, 0.15) is 11.1 Å². The van der Waals surface area contributed by atoms with Crippen molar-refractivity contribution in [2.75, 3.05) is 0 Å². The number of aromatic nitrogens is 3.